The Kier molecular flexibility index (Phi) is 1.67. The van der Waals surface area contributed by atoms with Gasteiger partial charge in [-0.25, -0.2) is 0 Å². The first-order chi connectivity index (χ1) is 6.63. The zero-order valence-electron chi connectivity index (χ0n) is 9.09. The van der Waals surface area contributed by atoms with Crippen LogP contribution in [0.3, 0.4) is 0 Å². The maximum absolute atomic E-state index is 10.8. The van der Waals surface area contributed by atoms with Crippen molar-refractivity contribution in [1.82, 2.24) is 0 Å². The molecule has 0 N–H and O–H groups in total. The molecule has 0 heterocycles. The maximum Gasteiger partial charge on any atom is 0.120 e. The van der Waals surface area contributed by atoms with Crippen LogP contribution in [0.5, 0.6) is 0 Å². The van der Waals surface area contributed by atoms with Crippen molar-refractivity contribution >= 4 is 6.29 Å². The molecule has 0 amide bonds. The van der Waals surface area contributed by atoms with Crippen LogP contribution < -0.4 is 0 Å². The third kappa shape index (κ3) is 1.17. The minimum atomic E-state index is 0.445. The Hall–Kier alpha value is -0.330. The molecule has 1 nitrogen and oxygen atoms in total. The second kappa shape index (κ2) is 2.62. The summed E-state index contributed by atoms with van der Waals surface area (Å²) in [6, 6.07) is 0. The number of rotatable bonds is 2. The van der Waals surface area contributed by atoms with Crippen LogP contribution in [0.2, 0.25) is 0 Å². The van der Waals surface area contributed by atoms with Gasteiger partial charge in [-0.2, -0.15) is 0 Å². The van der Waals surface area contributed by atoms with Gasteiger partial charge >= 0.3 is 0 Å². The number of hydrogen-bond acceptors (Lipinski definition) is 1. The lowest BCUT2D eigenvalue weighted by Crippen LogP contribution is -2.50. The number of hydrogen-bond donors (Lipinski definition) is 0. The molecule has 0 saturated heterocycles. The van der Waals surface area contributed by atoms with E-state index < -0.39 is 0 Å². The average Bonchev–Trinajstić information content (AvgIpc) is 1.97. The second-order valence-electron chi connectivity index (χ2n) is 6.64. The Morgan fingerprint density at radius 3 is 2.36 bits per heavy atom. The van der Waals surface area contributed by atoms with Crippen molar-refractivity contribution in [3.05, 3.63) is 0 Å². The summed E-state index contributed by atoms with van der Waals surface area (Å²) in [5.74, 6) is 1.92. The molecule has 0 aliphatic heterocycles. The van der Waals surface area contributed by atoms with Crippen LogP contribution in [0.4, 0.5) is 0 Å². The van der Waals surface area contributed by atoms with Gasteiger partial charge < -0.3 is 4.79 Å². The van der Waals surface area contributed by atoms with E-state index in [0.29, 0.717) is 10.8 Å². The quantitative estimate of drug-likeness (QED) is 0.614. The van der Waals surface area contributed by atoms with Gasteiger partial charge in [0, 0.05) is 6.42 Å². The van der Waals surface area contributed by atoms with Crippen LogP contribution >= 0.6 is 0 Å². The Balaban J connectivity index is 1.92. The van der Waals surface area contributed by atoms with Crippen LogP contribution in [0.1, 0.15) is 51.9 Å². The highest BCUT2D eigenvalue weighted by molar-refractivity contribution is 5.51. The van der Waals surface area contributed by atoms with Crippen LogP contribution in [-0.2, 0) is 4.79 Å². The molecular formula is C13H20O. The van der Waals surface area contributed by atoms with Crippen molar-refractivity contribution in [1.29, 1.82) is 0 Å². The van der Waals surface area contributed by atoms with Gasteiger partial charge in [0.15, 0.2) is 0 Å². The molecule has 4 aliphatic carbocycles. The zero-order chi connectivity index (χ0) is 9.81. The van der Waals surface area contributed by atoms with E-state index in [4.69, 9.17) is 0 Å². The molecule has 2 unspecified atom stereocenters. The fourth-order valence-corrected chi connectivity index (χ4v) is 5.34. The fraction of sp³-hybridized carbons (Fsp3) is 0.923. The highest BCUT2D eigenvalue weighted by Crippen LogP contribution is 2.65. The van der Waals surface area contributed by atoms with Crippen LogP contribution in [0.25, 0.3) is 0 Å². The highest BCUT2D eigenvalue weighted by Gasteiger charge is 2.55. The van der Waals surface area contributed by atoms with Crippen molar-refractivity contribution in [2.45, 2.75) is 51.9 Å². The molecule has 4 fully saturated rings. The topological polar surface area (TPSA) is 17.1 Å². The molecular weight excluding hydrogens is 172 g/mol. The summed E-state index contributed by atoms with van der Waals surface area (Å²) in [6.07, 6.45) is 10.4. The maximum atomic E-state index is 10.8. The van der Waals surface area contributed by atoms with E-state index in [1.54, 1.807) is 0 Å². The third-order valence-electron chi connectivity index (χ3n) is 4.99. The van der Waals surface area contributed by atoms with Crippen molar-refractivity contribution in [2.75, 3.05) is 0 Å². The van der Waals surface area contributed by atoms with Crippen molar-refractivity contribution < 1.29 is 4.79 Å². The lowest BCUT2D eigenvalue weighted by atomic mass is 9.44. The molecule has 0 aromatic carbocycles. The number of carbonyl (C=O) groups excluding carboxylic acids is 1. The minimum absolute atomic E-state index is 0.445. The summed E-state index contributed by atoms with van der Waals surface area (Å²) in [6.45, 7) is 2.46. The largest absolute Gasteiger partial charge is 0.303 e. The second-order valence-corrected chi connectivity index (χ2v) is 6.64. The molecule has 4 atom stereocenters. The molecule has 4 saturated carbocycles. The first kappa shape index (κ1) is 8.94. The minimum Gasteiger partial charge on any atom is -0.303 e. The number of carbonyl (C=O) groups is 1. The Bertz CT molecular complexity index is 254. The SMILES string of the molecule is CC12C[C@H]3C[C@@H](C1)CC(CC=O)(C3)C2. The van der Waals surface area contributed by atoms with Crippen molar-refractivity contribution in [3.8, 4) is 0 Å². The van der Waals surface area contributed by atoms with E-state index in [2.05, 4.69) is 6.92 Å². The van der Waals surface area contributed by atoms with E-state index in [9.17, 15) is 4.79 Å². The Labute approximate surface area is 86.3 Å². The molecule has 0 radical (unpaired) electrons. The van der Waals surface area contributed by atoms with Crippen LogP contribution in [0, 0.1) is 22.7 Å². The van der Waals surface area contributed by atoms with Gasteiger partial charge in [-0.1, -0.05) is 6.92 Å². The van der Waals surface area contributed by atoms with Crippen LogP contribution in [-0.4, -0.2) is 6.29 Å². The Morgan fingerprint density at radius 2 is 1.86 bits per heavy atom. The summed E-state index contributed by atoms with van der Waals surface area (Å²) < 4.78 is 0. The highest BCUT2D eigenvalue weighted by atomic mass is 16.1. The van der Waals surface area contributed by atoms with Gasteiger partial charge in [0.2, 0.25) is 0 Å². The molecule has 0 aromatic heterocycles. The first-order valence-electron chi connectivity index (χ1n) is 6.07. The van der Waals surface area contributed by atoms with Gasteiger partial charge in [-0.05, 0) is 61.2 Å². The molecule has 1 heteroatoms. The summed E-state index contributed by atoms with van der Waals surface area (Å²) in [5, 5.41) is 0. The normalized spacial score (nSPS) is 54.9. The third-order valence-corrected chi connectivity index (χ3v) is 4.99. The van der Waals surface area contributed by atoms with Crippen molar-refractivity contribution in [3.63, 3.8) is 0 Å². The lowest BCUT2D eigenvalue weighted by molar-refractivity contribution is -0.125. The first-order valence-corrected chi connectivity index (χ1v) is 6.07. The molecule has 4 rings (SSSR count). The summed E-state index contributed by atoms with van der Waals surface area (Å²) in [4.78, 5) is 10.8. The average molecular weight is 192 g/mol. The summed E-state index contributed by atoms with van der Waals surface area (Å²) in [5.41, 5.74) is 1.05. The number of aldehydes is 1. The Morgan fingerprint density at radius 1 is 1.21 bits per heavy atom. The predicted octanol–water partition coefficient (Wildman–Crippen LogP) is 3.18. The molecule has 4 aliphatic rings. The molecule has 14 heavy (non-hydrogen) atoms. The van der Waals surface area contributed by atoms with Gasteiger partial charge in [-0.15, -0.1) is 0 Å². The fourth-order valence-electron chi connectivity index (χ4n) is 5.34. The lowest BCUT2D eigenvalue weighted by Gasteiger charge is -2.61. The predicted molar refractivity (Wildman–Crippen MR) is 55.9 cm³/mol. The van der Waals surface area contributed by atoms with E-state index >= 15 is 0 Å². The van der Waals surface area contributed by atoms with Gasteiger partial charge in [-0.3, -0.25) is 0 Å². The van der Waals surface area contributed by atoms with E-state index in [1.165, 1.54) is 44.8 Å². The summed E-state index contributed by atoms with van der Waals surface area (Å²) in [7, 11) is 0. The summed E-state index contributed by atoms with van der Waals surface area (Å²) >= 11 is 0. The molecule has 78 valence electrons. The van der Waals surface area contributed by atoms with Gasteiger partial charge in [0.05, 0.1) is 0 Å². The van der Waals surface area contributed by atoms with E-state index in [1.807, 2.05) is 0 Å². The standard InChI is InChI=1S/C13H20O/c1-12-5-10-4-11(6-12)8-13(7-10,9-12)2-3-14/h3,10-11H,2,4-9H2,1H3/t10-,11+,12?,13?. The van der Waals surface area contributed by atoms with E-state index in [0.717, 1.165) is 18.3 Å². The van der Waals surface area contributed by atoms with Crippen LogP contribution in [0.15, 0.2) is 0 Å². The molecule has 0 aromatic rings. The van der Waals surface area contributed by atoms with Gasteiger partial charge in [0.25, 0.3) is 0 Å². The zero-order valence-corrected chi connectivity index (χ0v) is 9.09. The smallest absolute Gasteiger partial charge is 0.120 e. The monoisotopic (exact) mass is 192 g/mol. The molecule has 4 bridgehead atoms. The van der Waals surface area contributed by atoms with Crippen molar-refractivity contribution in [2.24, 2.45) is 22.7 Å². The van der Waals surface area contributed by atoms with E-state index in [-0.39, 0.29) is 0 Å². The molecule has 0 spiro atoms. The van der Waals surface area contributed by atoms with Gasteiger partial charge in [0.1, 0.15) is 6.29 Å².